The lowest BCUT2D eigenvalue weighted by atomic mass is 9.96. The van der Waals surface area contributed by atoms with Crippen LogP contribution in [-0.2, 0) is 11.2 Å². The van der Waals surface area contributed by atoms with E-state index in [0.717, 1.165) is 17.8 Å². The van der Waals surface area contributed by atoms with Crippen LogP contribution in [0.2, 0.25) is 0 Å². The van der Waals surface area contributed by atoms with Crippen molar-refractivity contribution in [2.75, 3.05) is 11.9 Å². The lowest BCUT2D eigenvalue weighted by Crippen LogP contribution is -2.20. The maximum atomic E-state index is 10.9. The molecule has 0 spiro atoms. The fraction of sp³-hybridized carbons (Fsp3) is 0.533. The van der Waals surface area contributed by atoms with Gasteiger partial charge >= 0.3 is 0 Å². The Morgan fingerprint density at radius 2 is 2.00 bits per heavy atom. The Bertz CT molecular complexity index is 419. The van der Waals surface area contributed by atoms with Gasteiger partial charge in [-0.2, -0.15) is 0 Å². The highest BCUT2D eigenvalue weighted by Crippen LogP contribution is 2.22. The summed E-state index contributed by atoms with van der Waals surface area (Å²) in [5, 5.41) is 3.47. The number of benzene rings is 1. The number of primary amides is 1. The Morgan fingerprint density at radius 1 is 1.33 bits per heavy atom. The first kappa shape index (κ1) is 14.6. The minimum atomic E-state index is -0.252. The molecule has 0 saturated carbocycles. The molecule has 0 fully saturated rings. The van der Waals surface area contributed by atoms with Gasteiger partial charge in [0, 0.05) is 18.7 Å². The molecule has 1 rings (SSSR count). The van der Waals surface area contributed by atoms with E-state index in [9.17, 15) is 4.79 Å². The van der Waals surface area contributed by atoms with Crippen molar-refractivity contribution in [3.8, 4) is 0 Å². The predicted molar refractivity (Wildman–Crippen MR) is 76.6 cm³/mol. The number of nitrogens with two attached hydrogens (primary N) is 1. The molecule has 3 heteroatoms. The molecule has 0 unspecified atom stereocenters. The van der Waals surface area contributed by atoms with Crippen molar-refractivity contribution in [1.29, 1.82) is 0 Å². The highest BCUT2D eigenvalue weighted by molar-refractivity contribution is 5.74. The highest BCUT2D eigenvalue weighted by Gasteiger charge is 2.11. The highest BCUT2D eigenvalue weighted by atomic mass is 16.1. The summed E-state index contributed by atoms with van der Waals surface area (Å²) in [5.41, 5.74) is 8.92. The van der Waals surface area contributed by atoms with Gasteiger partial charge in [0.25, 0.3) is 0 Å². The average molecular weight is 248 g/mol. The smallest absolute Gasteiger partial charge is 0.217 e. The topological polar surface area (TPSA) is 55.1 Å². The van der Waals surface area contributed by atoms with Crippen LogP contribution in [0.1, 0.15) is 38.3 Å². The van der Waals surface area contributed by atoms with E-state index < -0.39 is 0 Å². The van der Waals surface area contributed by atoms with E-state index in [1.165, 1.54) is 5.56 Å². The molecule has 18 heavy (non-hydrogen) atoms. The van der Waals surface area contributed by atoms with Crippen LogP contribution in [0.4, 0.5) is 5.69 Å². The maximum absolute atomic E-state index is 10.9. The van der Waals surface area contributed by atoms with Gasteiger partial charge in [0.1, 0.15) is 0 Å². The molecule has 1 aromatic rings. The number of amides is 1. The molecule has 0 saturated heterocycles. The summed E-state index contributed by atoms with van der Waals surface area (Å²) in [4.78, 5) is 10.9. The molecule has 3 nitrogen and oxygen atoms in total. The molecular weight excluding hydrogens is 224 g/mol. The van der Waals surface area contributed by atoms with Crippen molar-refractivity contribution >= 4 is 11.6 Å². The Kier molecular flexibility index (Phi) is 4.76. The Hall–Kier alpha value is -1.51. The molecule has 0 aliphatic carbocycles. The minimum Gasteiger partial charge on any atom is -0.384 e. The normalized spacial score (nSPS) is 11.3. The molecule has 3 N–H and O–H groups in total. The first-order valence-corrected chi connectivity index (χ1v) is 6.40. The van der Waals surface area contributed by atoms with Crippen molar-refractivity contribution in [3.05, 3.63) is 29.3 Å². The molecule has 100 valence electrons. The summed E-state index contributed by atoms with van der Waals surface area (Å²) < 4.78 is 0. The number of aryl methyl sites for hydroxylation is 2. The zero-order valence-corrected chi connectivity index (χ0v) is 11.8. The van der Waals surface area contributed by atoms with Crippen LogP contribution in [0.3, 0.4) is 0 Å². The van der Waals surface area contributed by atoms with Crippen molar-refractivity contribution in [2.45, 2.75) is 40.5 Å². The van der Waals surface area contributed by atoms with E-state index in [1.807, 2.05) is 0 Å². The monoisotopic (exact) mass is 248 g/mol. The van der Waals surface area contributed by atoms with Gasteiger partial charge in [0.2, 0.25) is 5.91 Å². The van der Waals surface area contributed by atoms with Crippen LogP contribution in [0.15, 0.2) is 18.2 Å². The largest absolute Gasteiger partial charge is 0.384 e. The number of nitrogens with one attached hydrogen (secondary N) is 1. The van der Waals surface area contributed by atoms with Gasteiger partial charge in [-0.1, -0.05) is 32.9 Å². The van der Waals surface area contributed by atoms with Gasteiger partial charge in [-0.25, -0.2) is 0 Å². The fourth-order valence-corrected chi connectivity index (χ4v) is 1.69. The van der Waals surface area contributed by atoms with Crippen LogP contribution < -0.4 is 11.1 Å². The molecule has 0 bridgehead atoms. The second-order valence-electron chi connectivity index (χ2n) is 6.04. The lowest BCUT2D eigenvalue weighted by Gasteiger charge is -2.21. The van der Waals surface area contributed by atoms with Crippen LogP contribution in [0.5, 0.6) is 0 Å². The summed E-state index contributed by atoms with van der Waals surface area (Å²) in [6.07, 6.45) is 1.09. The van der Waals surface area contributed by atoms with E-state index in [-0.39, 0.29) is 11.3 Å². The minimum absolute atomic E-state index is 0.227. The van der Waals surface area contributed by atoms with Crippen LogP contribution in [0, 0.1) is 12.3 Å². The number of anilines is 1. The van der Waals surface area contributed by atoms with E-state index in [0.29, 0.717) is 12.8 Å². The molecule has 0 aliphatic rings. The average Bonchev–Trinajstić information content (AvgIpc) is 2.23. The van der Waals surface area contributed by atoms with E-state index >= 15 is 0 Å². The molecule has 0 aromatic heterocycles. The van der Waals surface area contributed by atoms with Gasteiger partial charge < -0.3 is 11.1 Å². The third kappa shape index (κ3) is 5.21. The van der Waals surface area contributed by atoms with Gasteiger partial charge in [-0.05, 0) is 36.0 Å². The number of hydrogen-bond donors (Lipinski definition) is 2. The predicted octanol–water partition coefficient (Wildman–Crippen LogP) is 2.87. The molecule has 0 aliphatic heterocycles. The summed E-state index contributed by atoms with van der Waals surface area (Å²) >= 11 is 0. The van der Waals surface area contributed by atoms with Crippen molar-refractivity contribution in [3.63, 3.8) is 0 Å². The molecule has 1 amide bonds. The summed E-state index contributed by atoms with van der Waals surface area (Å²) in [6.45, 7) is 9.55. The Labute approximate surface area is 110 Å². The fourth-order valence-electron chi connectivity index (χ4n) is 1.69. The summed E-state index contributed by atoms with van der Waals surface area (Å²) in [5.74, 6) is -0.252. The quantitative estimate of drug-likeness (QED) is 0.842. The molecule has 0 radical (unpaired) electrons. The SMILES string of the molecule is Cc1ccc(CCC(N)=O)c(NCC(C)(C)C)c1. The van der Waals surface area contributed by atoms with E-state index in [1.54, 1.807) is 0 Å². The Morgan fingerprint density at radius 3 is 2.56 bits per heavy atom. The van der Waals surface area contributed by atoms with E-state index in [4.69, 9.17) is 5.73 Å². The standard InChI is InChI=1S/C15H24N2O/c1-11-5-6-12(7-8-14(16)18)13(9-11)17-10-15(2,3)4/h5-6,9,17H,7-8,10H2,1-4H3,(H2,16,18). The first-order chi connectivity index (χ1) is 8.28. The van der Waals surface area contributed by atoms with Gasteiger partial charge in [-0.3, -0.25) is 4.79 Å². The third-order valence-electron chi connectivity index (χ3n) is 2.72. The van der Waals surface area contributed by atoms with Gasteiger partial charge in [0.15, 0.2) is 0 Å². The molecule has 0 heterocycles. The summed E-state index contributed by atoms with van der Waals surface area (Å²) in [7, 11) is 0. The second kappa shape index (κ2) is 5.89. The van der Waals surface area contributed by atoms with Crippen LogP contribution >= 0.6 is 0 Å². The molecular formula is C15H24N2O. The zero-order chi connectivity index (χ0) is 13.8. The number of rotatable bonds is 5. The van der Waals surface area contributed by atoms with Crippen molar-refractivity contribution < 1.29 is 4.79 Å². The van der Waals surface area contributed by atoms with Gasteiger partial charge in [-0.15, -0.1) is 0 Å². The van der Waals surface area contributed by atoms with Crippen LogP contribution in [0.25, 0.3) is 0 Å². The number of hydrogen-bond acceptors (Lipinski definition) is 2. The van der Waals surface area contributed by atoms with E-state index in [2.05, 4.69) is 51.2 Å². The number of carbonyl (C=O) groups is 1. The van der Waals surface area contributed by atoms with Crippen molar-refractivity contribution in [1.82, 2.24) is 0 Å². The first-order valence-electron chi connectivity index (χ1n) is 6.40. The van der Waals surface area contributed by atoms with Crippen LogP contribution in [-0.4, -0.2) is 12.5 Å². The van der Waals surface area contributed by atoms with Gasteiger partial charge in [0.05, 0.1) is 0 Å². The maximum Gasteiger partial charge on any atom is 0.217 e. The second-order valence-corrected chi connectivity index (χ2v) is 6.04. The molecule has 1 aromatic carbocycles. The zero-order valence-electron chi connectivity index (χ0n) is 11.8. The molecule has 0 atom stereocenters. The summed E-state index contributed by atoms with van der Waals surface area (Å²) in [6, 6.07) is 6.27. The Balaban J connectivity index is 2.79. The number of carbonyl (C=O) groups excluding carboxylic acids is 1. The van der Waals surface area contributed by atoms with Crippen molar-refractivity contribution in [2.24, 2.45) is 11.1 Å². The lowest BCUT2D eigenvalue weighted by molar-refractivity contribution is -0.117. The third-order valence-corrected chi connectivity index (χ3v) is 2.72.